The van der Waals surface area contributed by atoms with Crippen molar-refractivity contribution in [2.75, 3.05) is 44.2 Å². The molecule has 1 saturated heterocycles. The number of halogens is 1. The first kappa shape index (κ1) is 44.6. The first-order valence-electron chi connectivity index (χ1n) is 20.8. The van der Waals surface area contributed by atoms with Crippen LogP contribution in [0.5, 0.6) is 11.5 Å². The molecule has 0 radical (unpaired) electrons. The number of H-pyrrole nitrogens is 2. The van der Waals surface area contributed by atoms with Gasteiger partial charge in [0.15, 0.2) is 0 Å². The van der Waals surface area contributed by atoms with Gasteiger partial charge in [0.2, 0.25) is 0 Å². The van der Waals surface area contributed by atoms with Gasteiger partial charge in [-0.2, -0.15) is 0 Å². The molecule has 7 aromatic rings. The molecule has 1 aliphatic rings. The summed E-state index contributed by atoms with van der Waals surface area (Å²) in [6.07, 6.45) is 9.84. The lowest BCUT2D eigenvalue weighted by Gasteiger charge is -2.23. The van der Waals surface area contributed by atoms with Crippen LogP contribution in [0.1, 0.15) is 44.7 Å². The molecule has 64 heavy (non-hydrogen) atoms. The molecule has 3 amide bonds. The summed E-state index contributed by atoms with van der Waals surface area (Å²) in [7, 11) is 1.31. The zero-order valence-electron chi connectivity index (χ0n) is 35.1. The lowest BCUT2D eigenvalue weighted by molar-refractivity contribution is 0.0600. The van der Waals surface area contributed by atoms with Gasteiger partial charge in [0.25, 0.3) is 5.91 Å². The number of nitrogens with zero attached hydrogens (tertiary/aromatic N) is 2. The van der Waals surface area contributed by atoms with E-state index >= 15 is 0 Å². The van der Waals surface area contributed by atoms with E-state index in [2.05, 4.69) is 35.9 Å². The fourth-order valence-corrected chi connectivity index (χ4v) is 7.15. The number of nitrogens with one attached hydrogen (secondary N) is 5. The van der Waals surface area contributed by atoms with E-state index in [1.807, 2.05) is 84.9 Å². The molecular formula is C49H48ClN7O7. The number of aromatic amines is 2. The standard InChI is InChI=1S/C26H23N3O4.C23H25ClN4O3/c1-32-26(31)20-6-4-5-19(15-20)25(30)29-21-11-9-18(10-12-21)13-14-33-24-8-3-2-7-22(24)23-16-27-17-28-23;24-20-13-18(28-23(29)27-17-8-10-30-11-9-17)6-5-16(20)7-12-31-22-4-2-1-3-19(22)21-14-25-15-26-21/h2-12,15-17H,13-14H2,1H3,(H,27,28)(H,29,30);1-6,13-15,17H,7-12H2,(H,25,26)(H2,27,28,29). The Hall–Kier alpha value is -7.42. The number of aromatic nitrogens is 4. The third kappa shape index (κ3) is 12.6. The molecule has 8 rings (SSSR count). The van der Waals surface area contributed by atoms with Gasteiger partial charge in [0.1, 0.15) is 11.5 Å². The van der Waals surface area contributed by atoms with Crippen LogP contribution in [-0.2, 0) is 22.3 Å². The first-order valence-corrected chi connectivity index (χ1v) is 21.1. The number of carbonyl (C=O) groups excluding carboxylic acids is 3. The number of para-hydroxylation sites is 2. The van der Waals surface area contributed by atoms with Crippen molar-refractivity contribution >= 4 is 40.9 Å². The van der Waals surface area contributed by atoms with E-state index in [0.717, 1.165) is 58.0 Å². The summed E-state index contributed by atoms with van der Waals surface area (Å²) < 4.78 is 22.0. The zero-order chi connectivity index (χ0) is 44.5. The normalized spacial score (nSPS) is 12.3. The molecule has 1 aliphatic heterocycles. The number of imidazole rings is 2. The second-order valence-electron chi connectivity index (χ2n) is 14.6. The second-order valence-corrected chi connectivity index (χ2v) is 15.0. The highest BCUT2D eigenvalue weighted by atomic mass is 35.5. The van der Waals surface area contributed by atoms with E-state index in [9.17, 15) is 14.4 Å². The molecule has 0 atom stereocenters. The summed E-state index contributed by atoms with van der Waals surface area (Å²) in [6.45, 7) is 2.35. The number of hydrogen-bond acceptors (Lipinski definition) is 9. The summed E-state index contributed by atoms with van der Waals surface area (Å²) in [5.41, 5.74) is 7.80. The fraction of sp³-hybridized carbons (Fsp3) is 0.204. The number of methoxy groups -OCH3 is 1. The molecule has 2 aromatic heterocycles. The summed E-state index contributed by atoms with van der Waals surface area (Å²) in [6, 6.07) is 35.1. The SMILES string of the molecule is COC(=O)c1cccc(C(=O)Nc2ccc(CCOc3ccccc3-c3cnc[nH]3)cc2)c1.O=C(Nc1ccc(CCOc2ccccc2-c2cnc[nH]2)c(Cl)c1)NC1CCOCC1. The predicted molar refractivity (Wildman–Crippen MR) is 246 cm³/mol. The number of rotatable bonds is 15. The van der Waals surface area contributed by atoms with Crippen LogP contribution in [-0.4, -0.2) is 77.4 Å². The number of benzene rings is 5. The van der Waals surface area contributed by atoms with Crippen molar-refractivity contribution < 1.29 is 33.3 Å². The van der Waals surface area contributed by atoms with E-state index in [4.69, 9.17) is 30.5 Å². The van der Waals surface area contributed by atoms with Gasteiger partial charge < -0.3 is 44.9 Å². The van der Waals surface area contributed by atoms with Gasteiger partial charge in [-0.05, 0) is 90.7 Å². The molecule has 5 aromatic carbocycles. The van der Waals surface area contributed by atoms with Crippen molar-refractivity contribution in [1.29, 1.82) is 0 Å². The van der Waals surface area contributed by atoms with Crippen molar-refractivity contribution in [2.24, 2.45) is 0 Å². The van der Waals surface area contributed by atoms with Gasteiger partial charge in [0, 0.05) is 65.2 Å². The van der Waals surface area contributed by atoms with Crippen LogP contribution < -0.4 is 25.4 Å². The van der Waals surface area contributed by atoms with Crippen LogP contribution in [0.4, 0.5) is 16.2 Å². The summed E-state index contributed by atoms with van der Waals surface area (Å²) in [5, 5.41) is 9.25. The van der Waals surface area contributed by atoms with Crippen molar-refractivity contribution in [1.82, 2.24) is 25.3 Å². The Kier molecular flexibility index (Phi) is 15.8. The maximum Gasteiger partial charge on any atom is 0.337 e. The van der Waals surface area contributed by atoms with Gasteiger partial charge >= 0.3 is 12.0 Å². The molecule has 0 aliphatic carbocycles. The third-order valence-corrected chi connectivity index (χ3v) is 10.6. The topological polar surface area (TPSA) is 182 Å². The highest BCUT2D eigenvalue weighted by Gasteiger charge is 2.17. The Labute approximate surface area is 375 Å². The molecule has 1 fully saturated rings. The van der Waals surface area contributed by atoms with Crippen LogP contribution in [0, 0.1) is 0 Å². The average molecular weight is 882 g/mol. The van der Waals surface area contributed by atoms with Crippen LogP contribution in [0.15, 0.2) is 140 Å². The van der Waals surface area contributed by atoms with Crippen LogP contribution in [0.2, 0.25) is 5.02 Å². The fourth-order valence-electron chi connectivity index (χ4n) is 6.87. The highest BCUT2D eigenvalue weighted by Crippen LogP contribution is 2.30. The molecule has 3 heterocycles. The third-order valence-electron chi connectivity index (χ3n) is 10.3. The van der Waals surface area contributed by atoms with Crippen LogP contribution in [0.25, 0.3) is 22.5 Å². The van der Waals surface area contributed by atoms with E-state index < -0.39 is 5.97 Å². The van der Waals surface area contributed by atoms with E-state index in [-0.39, 0.29) is 18.0 Å². The molecule has 0 bridgehead atoms. The van der Waals surface area contributed by atoms with Crippen molar-refractivity contribution in [3.63, 3.8) is 0 Å². The molecule has 0 spiro atoms. The quantitative estimate of drug-likeness (QED) is 0.0627. The first-order chi connectivity index (χ1) is 31.3. The number of esters is 1. The molecule has 14 nitrogen and oxygen atoms in total. The maximum atomic E-state index is 12.5. The highest BCUT2D eigenvalue weighted by molar-refractivity contribution is 6.31. The largest absolute Gasteiger partial charge is 0.493 e. The minimum Gasteiger partial charge on any atom is -0.493 e. The lowest BCUT2D eigenvalue weighted by Crippen LogP contribution is -2.41. The minimum absolute atomic E-state index is 0.144. The number of anilines is 2. The molecule has 0 saturated carbocycles. The van der Waals surface area contributed by atoms with Gasteiger partial charge in [-0.3, -0.25) is 4.79 Å². The molecule has 5 N–H and O–H groups in total. The Morgan fingerprint density at radius 3 is 1.92 bits per heavy atom. The monoisotopic (exact) mass is 881 g/mol. The number of amides is 3. The summed E-state index contributed by atoms with van der Waals surface area (Å²) >= 11 is 6.44. The minimum atomic E-state index is -0.483. The molecule has 0 unspecified atom stereocenters. The number of urea groups is 1. The number of carbonyl (C=O) groups is 3. The summed E-state index contributed by atoms with van der Waals surface area (Å²) in [4.78, 5) is 50.7. The van der Waals surface area contributed by atoms with E-state index in [1.54, 1.807) is 49.3 Å². The number of ether oxygens (including phenoxy) is 4. The Bertz CT molecular complexity index is 2600. The van der Waals surface area contributed by atoms with Crippen molar-refractivity contribution in [3.8, 4) is 34.0 Å². The van der Waals surface area contributed by atoms with Gasteiger partial charge in [0.05, 0.1) is 62.3 Å². The van der Waals surface area contributed by atoms with Gasteiger partial charge in [-0.25, -0.2) is 19.6 Å². The van der Waals surface area contributed by atoms with E-state index in [0.29, 0.717) is 66.8 Å². The predicted octanol–water partition coefficient (Wildman–Crippen LogP) is 9.39. The Balaban J connectivity index is 0.000000192. The Morgan fingerprint density at radius 1 is 0.703 bits per heavy atom. The molecular weight excluding hydrogens is 834 g/mol. The Morgan fingerprint density at radius 2 is 1.31 bits per heavy atom. The summed E-state index contributed by atoms with van der Waals surface area (Å²) in [5.74, 6) is 0.793. The maximum absolute atomic E-state index is 12.5. The lowest BCUT2D eigenvalue weighted by atomic mass is 10.1. The smallest absolute Gasteiger partial charge is 0.337 e. The zero-order valence-corrected chi connectivity index (χ0v) is 35.9. The van der Waals surface area contributed by atoms with Crippen molar-refractivity contribution in [3.05, 3.63) is 168 Å². The number of hydrogen-bond donors (Lipinski definition) is 5. The van der Waals surface area contributed by atoms with E-state index in [1.165, 1.54) is 13.2 Å². The van der Waals surface area contributed by atoms with Crippen molar-refractivity contribution in [2.45, 2.75) is 31.7 Å². The van der Waals surface area contributed by atoms with Crippen LogP contribution >= 0.6 is 11.6 Å². The molecule has 15 heteroatoms. The second kappa shape index (κ2) is 22.6. The average Bonchev–Trinajstić information content (AvgIpc) is 4.08. The molecule has 328 valence electrons. The van der Waals surface area contributed by atoms with Gasteiger partial charge in [-0.1, -0.05) is 60.1 Å². The van der Waals surface area contributed by atoms with Gasteiger partial charge in [-0.15, -0.1) is 0 Å². The van der Waals surface area contributed by atoms with Crippen LogP contribution in [0.3, 0.4) is 0 Å².